The van der Waals surface area contributed by atoms with E-state index in [-0.39, 0.29) is 11.6 Å². The zero-order chi connectivity index (χ0) is 19.5. The highest BCUT2D eigenvalue weighted by Gasteiger charge is 2.40. The zero-order valence-electron chi connectivity index (χ0n) is 15.3. The van der Waals surface area contributed by atoms with Gasteiger partial charge in [0.2, 0.25) is 0 Å². The number of aliphatic hydroxyl groups excluding tert-OH is 1. The minimum atomic E-state index is -0.459. The van der Waals surface area contributed by atoms with Crippen LogP contribution in [0.3, 0.4) is 0 Å². The first kappa shape index (κ1) is 18.0. The number of carbonyl (C=O) groups is 1. The molecule has 28 heavy (non-hydrogen) atoms. The van der Waals surface area contributed by atoms with Gasteiger partial charge in [-0.05, 0) is 35.2 Å². The van der Waals surface area contributed by atoms with E-state index in [9.17, 15) is 14.3 Å². The van der Waals surface area contributed by atoms with Gasteiger partial charge in [-0.3, -0.25) is 4.79 Å². The highest BCUT2D eigenvalue weighted by molar-refractivity contribution is 6.05. The van der Waals surface area contributed by atoms with Crippen molar-refractivity contribution in [2.24, 2.45) is 0 Å². The molecule has 0 unspecified atom stereocenters. The monoisotopic (exact) mass is 373 g/mol. The van der Waals surface area contributed by atoms with Crippen molar-refractivity contribution < 1.29 is 14.3 Å². The van der Waals surface area contributed by atoms with Gasteiger partial charge in [-0.1, -0.05) is 72.8 Å². The number of halogens is 1. The van der Waals surface area contributed by atoms with Gasteiger partial charge in [-0.15, -0.1) is 0 Å². The molecule has 1 heterocycles. The summed E-state index contributed by atoms with van der Waals surface area (Å²) >= 11 is 0. The number of aliphatic hydroxyl groups is 1. The van der Waals surface area contributed by atoms with Crippen molar-refractivity contribution in [2.75, 3.05) is 6.54 Å². The average molecular weight is 373 g/mol. The SMILES string of the molecule is O=C1C(O)=C(c2ccccc2)[C@H](c2ccc(F)cc2)N1CCc1ccccc1. The van der Waals surface area contributed by atoms with E-state index in [1.165, 1.54) is 12.1 Å². The van der Waals surface area contributed by atoms with Crippen LogP contribution in [0.1, 0.15) is 22.7 Å². The predicted octanol–water partition coefficient (Wildman–Crippen LogP) is 4.92. The van der Waals surface area contributed by atoms with E-state index in [1.54, 1.807) is 17.0 Å². The number of benzene rings is 3. The normalized spacial score (nSPS) is 16.7. The van der Waals surface area contributed by atoms with E-state index >= 15 is 0 Å². The van der Waals surface area contributed by atoms with Crippen molar-refractivity contribution in [1.82, 2.24) is 4.90 Å². The molecule has 4 rings (SSSR count). The summed E-state index contributed by atoms with van der Waals surface area (Å²) in [6, 6.07) is 24.9. The largest absolute Gasteiger partial charge is 0.503 e. The lowest BCUT2D eigenvalue weighted by atomic mass is 9.93. The van der Waals surface area contributed by atoms with Crippen molar-refractivity contribution in [3.05, 3.63) is 113 Å². The van der Waals surface area contributed by atoms with Crippen LogP contribution in [0.25, 0.3) is 5.57 Å². The van der Waals surface area contributed by atoms with Gasteiger partial charge in [0, 0.05) is 12.1 Å². The van der Waals surface area contributed by atoms with Gasteiger partial charge < -0.3 is 10.0 Å². The van der Waals surface area contributed by atoms with Crippen LogP contribution in [-0.2, 0) is 11.2 Å². The summed E-state index contributed by atoms with van der Waals surface area (Å²) in [7, 11) is 0. The molecule has 1 aliphatic rings. The molecule has 1 amide bonds. The van der Waals surface area contributed by atoms with Crippen molar-refractivity contribution >= 4 is 11.5 Å². The Morgan fingerprint density at radius 1 is 0.857 bits per heavy atom. The van der Waals surface area contributed by atoms with Crippen molar-refractivity contribution in [3.8, 4) is 0 Å². The fourth-order valence-corrected chi connectivity index (χ4v) is 3.68. The molecule has 0 bridgehead atoms. The lowest BCUT2D eigenvalue weighted by Crippen LogP contribution is -2.32. The Labute approximate surface area is 163 Å². The minimum Gasteiger partial charge on any atom is -0.503 e. The minimum absolute atomic E-state index is 0.242. The molecular weight excluding hydrogens is 353 g/mol. The van der Waals surface area contributed by atoms with Gasteiger partial charge in [0.15, 0.2) is 5.76 Å². The molecule has 0 saturated heterocycles. The highest BCUT2D eigenvalue weighted by Crippen LogP contribution is 2.42. The second kappa shape index (κ2) is 7.69. The number of hydrogen-bond acceptors (Lipinski definition) is 2. The summed E-state index contributed by atoms with van der Waals surface area (Å²) in [5.74, 6) is -0.976. The standard InChI is InChI=1S/C24H20FNO2/c25-20-13-11-19(12-14-20)22-21(18-9-5-2-6-10-18)23(27)24(28)26(22)16-15-17-7-3-1-4-8-17/h1-14,22,27H,15-16H2/t22-/m0/s1. The predicted molar refractivity (Wildman–Crippen MR) is 107 cm³/mol. The Morgan fingerprint density at radius 3 is 2.11 bits per heavy atom. The van der Waals surface area contributed by atoms with E-state index in [4.69, 9.17) is 0 Å². The molecule has 0 saturated carbocycles. The third-order valence-electron chi connectivity index (χ3n) is 5.06. The third-order valence-corrected chi connectivity index (χ3v) is 5.06. The molecule has 3 aromatic rings. The number of nitrogens with zero attached hydrogens (tertiary/aromatic N) is 1. The van der Waals surface area contributed by atoms with Crippen LogP contribution in [0.15, 0.2) is 90.7 Å². The van der Waals surface area contributed by atoms with Crippen molar-refractivity contribution in [1.29, 1.82) is 0 Å². The van der Waals surface area contributed by atoms with Crippen molar-refractivity contribution in [3.63, 3.8) is 0 Å². The van der Waals surface area contributed by atoms with Gasteiger partial charge in [-0.25, -0.2) is 4.39 Å². The van der Waals surface area contributed by atoms with Crippen LogP contribution in [0, 0.1) is 5.82 Å². The summed E-state index contributed by atoms with van der Waals surface area (Å²) in [5, 5.41) is 10.7. The fraction of sp³-hybridized carbons (Fsp3) is 0.125. The van der Waals surface area contributed by atoms with E-state index in [1.807, 2.05) is 60.7 Å². The molecule has 4 heteroatoms. The molecule has 3 aromatic carbocycles. The van der Waals surface area contributed by atoms with E-state index in [0.29, 0.717) is 18.5 Å². The molecule has 0 fully saturated rings. The van der Waals surface area contributed by atoms with Gasteiger partial charge in [-0.2, -0.15) is 0 Å². The maximum absolute atomic E-state index is 13.5. The van der Waals surface area contributed by atoms with Crippen LogP contribution >= 0.6 is 0 Å². The summed E-state index contributed by atoms with van der Waals surface area (Å²) < 4.78 is 13.5. The Kier molecular flexibility index (Phi) is 4.94. The van der Waals surface area contributed by atoms with Gasteiger partial charge in [0.25, 0.3) is 5.91 Å². The zero-order valence-corrected chi connectivity index (χ0v) is 15.3. The van der Waals surface area contributed by atoms with Crippen LogP contribution in [0.4, 0.5) is 4.39 Å². The molecule has 140 valence electrons. The highest BCUT2D eigenvalue weighted by atomic mass is 19.1. The summed E-state index contributed by atoms with van der Waals surface area (Å²) in [5.41, 5.74) is 3.22. The lowest BCUT2D eigenvalue weighted by Gasteiger charge is -2.27. The van der Waals surface area contributed by atoms with E-state index in [2.05, 4.69) is 0 Å². The third kappa shape index (κ3) is 3.41. The molecular formula is C24H20FNO2. The molecule has 0 spiro atoms. The van der Waals surface area contributed by atoms with Gasteiger partial charge in [0.1, 0.15) is 5.82 Å². The number of rotatable bonds is 5. The maximum Gasteiger partial charge on any atom is 0.289 e. The molecule has 1 atom stereocenters. The Hall–Kier alpha value is -3.40. The second-order valence-corrected chi connectivity index (χ2v) is 6.82. The van der Waals surface area contributed by atoms with Crippen LogP contribution < -0.4 is 0 Å². The van der Waals surface area contributed by atoms with Crippen LogP contribution in [0.5, 0.6) is 0 Å². The van der Waals surface area contributed by atoms with Gasteiger partial charge >= 0.3 is 0 Å². The van der Waals surface area contributed by atoms with E-state index < -0.39 is 11.9 Å². The fourth-order valence-electron chi connectivity index (χ4n) is 3.68. The first-order valence-electron chi connectivity index (χ1n) is 9.24. The molecule has 0 aliphatic carbocycles. The Bertz CT molecular complexity index is 998. The smallest absolute Gasteiger partial charge is 0.289 e. The Morgan fingerprint density at radius 2 is 1.46 bits per heavy atom. The number of carbonyl (C=O) groups excluding carboxylic acids is 1. The maximum atomic E-state index is 13.5. The quantitative estimate of drug-likeness (QED) is 0.690. The van der Waals surface area contributed by atoms with Crippen molar-refractivity contribution in [2.45, 2.75) is 12.5 Å². The molecule has 0 aromatic heterocycles. The second-order valence-electron chi connectivity index (χ2n) is 6.82. The number of hydrogen-bond donors (Lipinski definition) is 1. The van der Waals surface area contributed by atoms with Crippen LogP contribution in [-0.4, -0.2) is 22.5 Å². The average Bonchev–Trinajstić information content (AvgIpc) is 2.99. The topological polar surface area (TPSA) is 40.5 Å². The summed E-state index contributed by atoms with van der Waals surface area (Å²) in [4.78, 5) is 14.6. The molecule has 3 nitrogen and oxygen atoms in total. The van der Waals surface area contributed by atoms with Crippen LogP contribution in [0.2, 0.25) is 0 Å². The molecule has 1 N–H and O–H groups in total. The lowest BCUT2D eigenvalue weighted by molar-refractivity contribution is -0.129. The summed E-state index contributed by atoms with van der Waals surface area (Å²) in [6.45, 7) is 0.450. The Balaban J connectivity index is 1.72. The first-order chi connectivity index (χ1) is 13.6. The van der Waals surface area contributed by atoms with Gasteiger partial charge in [0.05, 0.1) is 6.04 Å². The number of amides is 1. The summed E-state index contributed by atoms with van der Waals surface area (Å²) in [6.07, 6.45) is 0.666. The molecule has 1 aliphatic heterocycles. The van der Waals surface area contributed by atoms with E-state index in [0.717, 1.165) is 16.7 Å². The first-order valence-corrected chi connectivity index (χ1v) is 9.24. The molecule has 0 radical (unpaired) electrons.